The summed E-state index contributed by atoms with van der Waals surface area (Å²) in [6.45, 7) is 5.04. The number of benzene rings is 3. The highest BCUT2D eigenvalue weighted by atomic mass is 16.5. The van der Waals surface area contributed by atoms with Crippen LogP contribution in [0.5, 0.6) is 0 Å². The molecule has 172 valence electrons. The van der Waals surface area contributed by atoms with E-state index < -0.39 is 0 Å². The Morgan fingerprint density at radius 1 is 0.818 bits per heavy atom. The Bertz CT molecular complexity index is 1000. The van der Waals surface area contributed by atoms with Crippen molar-refractivity contribution in [3.8, 4) is 11.1 Å². The molecule has 1 unspecified atom stereocenters. The Morgan fingerprint density at radius 2 is 1.39 bits per heavy atom. The van der Waals surface area contributed by atoms with Crippen molar-refractivity contribution in [1.82, 2.24) is 0 Å². The van der Waals surface area contributed by atoms with Crippen molar-refractivity contribution in [3.63, 3.8) is 0 Å². The van der Waals surface area contributed by atoms with Crippen molar-refractivity contribution in [2.45, 2.75) is 64.1 Å². The smallest absolute Gasteiger partial charge is 0.338 e. The second-order valence-corrected chi connectivity index (χ2v) is 9.05. The van der Waals surface area contributed by atoms with Crippen LogP contribution in [0.25, 0.3) is 11.1 Å². The zero-order chi connectivity index (χ0) is 23.0. The molecule has 0 amide bonds. The predicted octanol–water partition coefficient (Wildman–Crippen LogP) is 7.20. The molecule has 3 aromatic carbocycles. The van der Waals surface area contributed by atoms with Crippen molar-refractivity contribution in [2.75, 3.05) is 6.61 Å². The number of hydrogen-bond donors (Lipinski definition) is 0. The summed E-state index contributed by atoms with van der Waals surface area (Å²) in [6, 6.07) is 27.1. The van der Waals surface area contributed by atoms with Gasteiger partial charge in [-0.2, -0.15) is 0 Å². The van der Waals surface area contributed by atoms with Crippen molar-refractivity contribution in [2.24, 2.45) is 0 Å². The fourth-order valence-corrected chi connectivity index (χ4v) is 4.66. The highest BCUT2D eigenvalue weighted by molar-refractivity contribution is 5.90. The molecule has 0 heterocycles. The van der Waals surface area contributed by atoms with E-state index in [1.807, 2.05) is 31.2 Å². The molecule has 0 bridgehead atoms. The average Bonchev–Trinajstić information content (AvgIpc) is 2.86. The lowest BCUT2D eigenvalue weighted by molar-refractivity contribution is -0.0163. The van der Waals surface area contributed by atoms with E-state index in [1.165, 1.54) is 11.1 Å². The monoisotopic (exact) mass is 442 g/mol. The summed E-state index contributed by atoms with van der Waals surface area (Å²) < 4.78 is 11.4. The third-order valence-corrected chi connectivity index (χ3v) is 6.62. The second kappa shape index (κ2) is 11.3. The normalized spacial score (nSPS) is 19.1. The van der Waals surface area contributed by atoms with Crippen LogP contribution in [0.1, 0.15) is 66.9 Å². The summed E-state index contributed by atoms with van der Waals surface area (Å²) in [5.41, 5.74) is 5.56. The van der Waals surface area contributed by atoms with Gasteiger partial charge in [0, 0.05) is 6.61 Å². The molecule has 1 aliphatic rings. The maximum atomic E-state index is 12.6. The molecule has 4 rings (SSSR count). The molecule has 0 aromatic heterocycles. The van der Waals surface area contributed by atoms with Crippen LogP contribution < -0.4 is 0 Å². The van der Waals surface area contributed by atoms with Gasteiger partial charge in [-0.05, 0) is 79.3 Å². The number of carbonyl (C=O) groups excluding carboxylic acids is 1. The van der Waals surface area contributed by atoms with E-state index in [-0.39, 0.29) is 12.1 Å². The lowest BCUT2D eigenvalue weighted by atomic mass is 9.93. The highest BCUT2D eigenvalue weighted by Crippen LogP contribution is 2.26. The van der Waals surface area contributed by atoms with Crippen LogP contribution in [0, 0.1) is 0 Å². The lowest BCUT2D eigenvalue weighted by Gasteiger charge is -2.28. The van der Waals surface area contributed by atoms with Gasteiger partial charge in [-0.15, -0.1) is 0 Å². The Morgan fingerprint density at radius 3 is 2.00 bits per heavy atom. The minimum atomic E-state index is -0.230. The van der Waals surface area contributed by atoms with Gasteiger partial charge in [0.15, 0.2) is 0 Å². The maximum Gasteiger partial charge on any atom is 0.338 e. The summed E-state index contributed by atoms with van der Waals surface area (Å²) in [5.74, 6) is 0.253. The molecule has 0 saturated heterocycles. The molecule has 1 fully saturated rings. The quantitative estimate of drug-likeness (QED) is 0.346. The Labute approximate surface area is 197 Å². The van der Waals surface area contributed by atoms with Crippen LogP contribution in [-0.4, -0.2) is 24.8 Å². The van der Waals surface area contributed by atoms with Crippen LogP contribution in [-0.2, 0) is 15.9 Å². The van der Waals surface area contributed by atoms with Crippen LogP contribution in [0.4, 0.5) is 0 Å². The third kappa shape index (κ3) is 6.33. The van der Waals surface area contributed by atoms with E-state index in [0.29, 0.717) is 17.6 Å². The van der Waals surface area contributed by atoms with E-state index in [0.717, 1.165) is 49.8 Å². The first kappa shape index (κ1) is 23.3. The van der Waals surface area contributed by atoms with Crippen LogP contribution in [0.3, 0.4) is 0 Å². The van der Waals surface area contributed by atoms with Crippen molar-refractivity contribution >= 4 is 5.97 Å². The maximum absolute atomic E-state index is 12.6. The van der Waals surface area contributed by atoms with E-state index in [4.69, 9.17) is 9.47 Å². The Kier molecular flexibility index (Phi) is 7.96. The molecule has 33 heavy (non-hydrogen) atoms. The van der Waals surface area contributed by atoms with Crippen molar-refractivity contribution in [1.29, 1.82) is 0 Å². The van der Waals surface area contributed by atoms with Gasteiger partial charge in [0.2, 0.25) is 0 Å². The lowest BCUT2D eigenvalue weighted by Crippen LogP contribution is -2.28. The van der Waals surface area contributed by atoms with Gasteiger partial charge in [0.25, 0.3) is 0 Å². The third-order valence-electron chi connectivity index (χ3n) is 6.62. The number of carbonyl (C=O) groups is 1. The fourth-order valence-electron chi connectivity index (χ4n) is 4.66. The number of ether oxygens (including phenoxy) is 2. The number of rotatable bonds is 8. The minimum Gasteiger partial charge on any atom is -0.459 e. The SMILES string of the molecule is CCOC1CCC(OC(=O)c2ccc(-c3ccc(CC(C)c4ccccc4)cc3)cc2)CC1. The number of esters is 1. The van der Waals surface area contributed by atoms with E-state index in [1.54, 1.807) is 0 Å². The van der Waals surface area contributed by atoms with E-state index in [2.05, 4.69) is 61.5 Å². The zero-order valence-electron chi connectivity index (χ0n) is 19.7. The fraction of sp³-hybridized carbons (Fsp3) is 0.367. The minimum absolute atomic E-state index is 0.000273. The van der Waals surface area contributed by atoms with E-state index >= 15 is 0 Å². The van der Waals surface area contributed by atoms with Crippen LogP contribution in [0.15, 0.2) is 78.9 Å². The highest BCUT2D eigenvalue weighted by Gasteiger charge is 2.24. The predicted molar refractivity (Wildman–Crippen MR) is 134 cm³/mol. The molecule has 0 radical (unpaired) electrons. The summed E-state index contributed by atoms with van der Waals surface area (Å²) >= 11 is 0. The molecular weight excluding hydrogens is 408 g/mol. The molecule has 0 spiro atoms. The van der Waals surface area contributed by atoms with Gasteiger partial charge in [-0.3, -0.25) is 0 Å². The first-order valence-electron chi connectivity index (χ1n) is 12.2. The van der Waals surface area contributed by atoms with E-state index in [9.17, 15) is 4.79 Å². The Balaban J connectivity index is 1.32. The van der Waals surface area contributed by atoms with Crippen LogP contribution >= 0.6 is 0 Å². The van der Waals surface area contributed by atoms with Crippen molar-refractivity contribution in [3.05, 3.63) is 95.6 Å². The molecule has 0 aliphatic heterocycles. The average molecular weight is 443 g/mol. The molecule has 0 N–H and O–H groups in total. The van der Waals surface area contributed by atoms with Gasteiger partial charge >= 0.3 is 5.97 Å². The summed E-state index contributed by atoms with van der Waals surface area (Å²) in [7, 11) is 0. The van der Waals surface area contributed by atoms with Gasteiger partial charge in [-0.25, -0.2) is 4.79 Å². The molecule has 1 atom stereocenters. The summed E-state index contributed by atoms with van der Waals surface area (Å²) in [4.78, 5) is 12.6. The molecule has 1 aliphatic carbocycles. The first-order valence-corrected chi connectivity index (χ1v) is 12.2. The second-order valence-electron chi connectivity index (χ2n) is 9.05. The largest absolute Gasteiger partial charge is 0.459 e. The van der Waals surface area contributed by atoms with Crippen molar-refractivity contribution < 1.29 is 14.3 Å². The molecular formula is C30H34O3. The zero-order valence-corrected chi connectivity index (χ0v) is 19.7. The van der Waals surface area contributed by atoms with Gasteiger partial charge < -0.3 is 9.47 Å². The standard InChI is InChI=1S/C30H34O3/c1-3-32-28-17-19-29(20-18-28)33-30(31)27-15-13-26(14-16-27)25-11-9-23(10-12-25)21-22(2)24-7-5-4-6-8-24/h4-16,22,28-29H,3,17-21H2,1-2H3. The molecule has 3 nitrogen and oxygen atoms in total. The topological polar surface area (TPSA) is 35.5 Å². The van der Waals surface area contributed by atoms with Crippen LogP contribution in [0.2, 0.25) is 0 Å². The summed E-state index contributed by atoms with van der Waals surface area (Å²) in [5, 5.41) is 0. The van der Waals surface area contributed by atoms with Gasteiger partial charge in [0.05, 0.1) is 11.7 Å². The molecule has 3 aromatic rings. The molecule has 3 heteroatoms. The van der Waals surface area contributed by atoms with Gasteiger partial charge in [0.1, 0.15) is 6.10 Å². The number of hydrogen-bond acceptors (Lipinski definition) is 3. The van der Waals surface area contributed by atoms with Gasteiger partial charge in [-0.1, -0.05) is 73.7 Å². The first-order chi connectivity index (χ1) is 16.1. The Hall–Kier alpha value is -2.91. The molecule has 1 saturated carbocycles. The summed E-state index contributed by atoms with van der Waals surface area (Å²) in [6.07, 6.45) is 5.02.